The maximum Gasteiger partial charge on any atom is 0.410 e. The van der Waals surface area contributed by atoms with Crippen LogP contribution in [-0.4, -0.2) is 53.3 Å². The molecule has 0 radical (unpaired) electrons. The number of ether oxygens (including phenoxy) is 2. The molecular formula is C21H30N4O3. The summed E-state index contributed by atoms with van der Waals surface area (Å²) < 4.78 is 11.4. The number of hydrogen-bond donors (Lipinski definition) is 1. The quantitative estimate of drug-likeness (QED) is 0.834. The van der Waals surface area contributed by atoms with Gasteiger partial charge in [0.05, 0.1) is 17.6 Å². The third-order valence-electron chi connectivity index (χ3n) is 4.71. The van der Waals surface area contributed by atoms with Gasteiger partial charge in [0.25, 0.3) is 5.88 Å². The number of amides is 1. The number of nitrogens with zero attached hydrogens (tertiary/aromatic N) is 3. The number of aromatic nitrogens is 2. The molecule has 7 heteroatoms. The van der Waals surface area contributed by atoms with E-state index >= 15 is 0 Å². The molecule has 0 spiro atoms. The molecule has 0 bridgehead atoms. The number of piperidine rings is 1. The predicted octanol–water partition coefficient (Wildman–Crippen LogP) is 4.09. The summed E-state index contributed by atoms with van der Waals surface area (Å²) in [5.41, 5.74) is 1.18. The van der Waals surface area contributed by atoms with Gasteiger partial charge in [0.2, 0.25) is 0 Å². The van der Waals surface area contributed by atoms with Gasteiger partial charge in [-0.25, -0.2) is 14.8 Å². The Labute approximate surface area is 166 Å². The van der Waals surface area contributed by atoms with Gasteiger partial charge >= 0.3 is 6.09 Å². The third kappa shape index (κ3) is 5.24. The van der Waals surface area contributed by atoms with Crippen LogP contribution in [0.3, 0.4) is 0 Å². The number of carbonyl (C=O) groups is 1. The highest BCUT2D eigenvalue weighted by molar-refractivity contribution is 5.77. The Morgan fingerprint density at radius 3 is 2.64 bits per heavy atom. The summed E-state index contributed by atoms with van der Waals surface area (Å²) in [4.78, 5) is 23.3. The van der Waals surface area contributed by atoms with Crippen LogP contribution in [0, 0.1) is 5.92 Å². The van der Waals surface area contributed by atoms with Crippen molar-refractivity contribution in [2.75, 3.05) is 32.1 Å². The molecule has 0 saturated carbocycles. The molecule has 1 atom stereocenters. The van der Waals surface area contributed by atoms with Crippen LogP contribution in [0.2, 0.25) is 0 Å². The van der Waals surface area contributed by atoms with Gasteiger partial charge in [0, 0.05) is 20.1 Å². The van der Waals surface area contributed by atoms with Crippen LogP contribution >= 0.6 is 0 Å². The molecule has 7 nitrogen and oxygen atoms in total. The molecule has 152 valence electrons. The summed E-state index contributed by atoms with van der Waals surface area (Å²) in [6.07, 6.45) is 2.71. The van der Waals surface area contributed by atoms with Crippen LogP contribution in [0.4, 0.5) is 10.6 Å². The van der Waals surface area contributed by atoms with E-state index in [1.54, 1.807) is 0 Å². The molecule has 3 rings (SSSR count). The van der Waals surface area contributed by atoms with Crippen LogP contribution in [0.25, 0.3) is 11.0 Å². The highest BCUT2D eigenvalue weighted by atomic mass is 16.6. The molecule has 0 aliphatic carbocycles. The topological polar surface area (TPSA) is 76.6 Å². The fourth-order valence-electron chi connectivity index (χ4n) is 3.36. The molecule has 1 saturated heterocycles. The lowest BCUT2D eigenvalue weighted by molar-refractivity contribution is 0.0154. The largest absolute Gasteiger partial charge is 0.475 e. The zero-order chi connectivity index (χ0) is 20.1. The molecule has 1 fully saturated rings. The van der Waals surface area contributed by atoms with E-state index in [0.717, 1.165) is 36.8 Å². The van der Waals surface area contributed by atoms with E-state index in [-0.39, 0.29) is 6.09 Å². The van der Waals surface area contributed by atoms with E-state index < -0.39 is 5.60 Å². The van der Waals surface area contributed by atoms with Crippen molar-refractivity contribution in [2.45, 2.75) is 45.6 Å². The minimum atomic E-state index is -0.467. The second kappa shape index (κ2) is 8.63. The average Bonchev–Trinajstić information content (AvgIpc) is 2.66. The number of rotatable bonds is 5. The predicted molar refractivity (Wildman–Crippen MR) is 110 cm³/mol. The summed E-state index contributed by atoms with van der Waals surface area (Å²) >= 11 is 0. The minimum absolute atomic E-state index is 0.226. The summed E-state index contributed by atoms with van der Waals surface area (Å²) in [5, 5.41) is 3.05. The SMILES string of the molecule is CNc1nc2ccccc2nc1OCC[C@@H]1CCCN(C(=O)OC(C)(C)C)C1. The van der Waals surface area contributed by atoms with Gasteiger partial charge in [-0.3, -0.25) is 0 Å². The number of benzene rings is 1. The van der Waals surface area contributed by atoms with Crippen molar-refractivity contribution in [1.82, 2.24) is 14.9 Å². The molecule has 1 aromatic heterocycles. The minimum Gasteiger partial charge on any atom is -0.475 e. The fraction of sp³-hybridized carbons (Fsp3) is 0.571. The van der Waals surface area contributed by atoms with Gasteiger partial charge < -0.3 is 19.7 Å². The van der Waals surface area contributed by atoms with Crippen molar-refractivity contribution < 1.29 is 14.3 Å². The summed E-state index contributed by atoms with van der Waals surface area (Å²) in [6, 6.07) is 7.73. The fourth-order valence-corrected chi connectivity index (χ4v) is 3.36. The first-order valence-corrected chi connectivity index (χ1v) is 9.91. The smallest absolute Gasteiger partial charge is 0.410 e. The van der Waals surface area contributed by atoms with Crippen molar-refractivity contribution >= 4 is 22.9 Å². The van der Waals surface area contributed by atoms with E-state index in [1.807, 2.05) is 57.0 Å². The number of anilines is 1. The van der Waals surface area contributed by atoms with Crippen molar-refractivity contribution in [3.63, 3.8) is 0 Å². The van der Waals surface area contributed by atoms with Gasteiger partial charge in [0.15, 0.2) is 5.82 Å². The number of hydrogen-bond acceptors (Lipinski definition) is 6. The second-order valence-electron chi connectivity index (χ2n) is 8.19. The third-order valence-corrected chi connectivity index (χ3v) is 4.71. The number of likely N-dealkylation sites (tertiary alicyclic amines) is 1. The van der Waals surface area contributed by atoms with Crippen molar-refractivity contribution in [3.05, 3.63) is 24.3 Å². The Morgan fingerprint density at radius 2 is 1.96 bits per heavy atom. The highest BCUT2D eigenvalue weighted by Gasteiger charge is 2.27. The molecular weight excluding hydrogens is 356 g/mol. The normalized spacial score (nSPS) is 17.4. The van der Waals surface area contributed by atoms with Crippen LogP contribution in [0.1, 0.15) is 40.0 Å². The zero-order valence-electron chi connectivity index (χ0n) is 17.2. The van der Waals surface area contributed by atoms with E-state index in [9.17, 15) is 4.79 Å². The highest BCUT2D eigenvalue weighted by Crippen LogP contribution is 2.25. The first-order chi connectivity index (χ1) is 13.4. The maximum atomic E-state index is 12.3. The molecule has 1 amide bonds. The average molecular weight is 386 g/mol. The molecule has 2 aromatic rings. The monoisotopic (exact) mass is 386 g/mol. The zero-order valence-corrected chi connectivity index (χ0v) is 17.2. The first kappa shape index (κ1) is 20.2. The molecule has 1 N–H and O–H groups in total. The molecule has 1 aliphatic heterocycles. The van der Waals surface area contributed by atoms with Crippen molar-refractivity contribution in [3.8, 4) is 5.88 Å². The Morgan fingerprint density at radius 1 is 1.25 bits per heavy atom. The Hall–Kier alpha value is -2.57. The van der Waals surface area contributed by atoms with Gasteiger partial charge in [-0.05, 0) is 58.1 Å². The van der Waals surface area contributed by atoms with E-state index in [4.69, 9.17) is 9.47 Å². The molecule has 0 unspecified atom stereocenters. The standard InChI is InChI=1S/C21H30N4O3/c1-21(2,3)28-20(26)25-12-7-8-15(14-25)11-13-27-19-18(22-4)23-16-9-5-6-10-17(16)24-19/h5-6,9-10,15H,7-8,11-14H2,1-4H3,(H,22,23)/t15-/m0/s1. The van der Waals surface area contributed by atoms with E-state index in [1.165, 1.54) is 0 Å². The number of carbonyl (C=O) groups excluding carboxylic acids is 1. The van der Waals surface area contributed by atoms with Gasteiger partial charge in [0.1, 0.15) is 5.60 Å². The summed E-state index contributed by atoms with van der Waals surface area (Å²) in [6.45, 7) is 7.68. The van der Waals surface area contributed by atoms with Gasteiger partial charge in [-0.2, -0.15) is 0 Å². The summed E-state index contributed by atoms with van der Waals surface area (Å²) in [7, 11) is 1.81. The second-order valence-corrected chi connectivity index (χ2v) is 8.19. The Bertz CT molecular complexity index is 819. The summed E-state index contributed by atoms with van der Waals surface area (Å²) in [5.74, 6) is 1.55. The molecule has 2 heterocycles. The Balaban J connectivity index is 1.56. The number of para-hydroxylation sites is 2. The molecule has 1 aromatic carbocycles. The number of nitrogens with one attached hydrogen (secondary N) is 1. The Kier molecular flexibility index (Phi) is 6.21. The first-order valence-electron chi connectivity index (χ1n) is 9.91. The molecule has 28 heavy (non-hydrogen) atoms. The lowest BCUT2D eigenvalue weighted by atomic mass is 9.95. The molecule has 1 aliphatic rings. The van der Waals surface area contributed by atoms with Gasteiger partial charge in [-0.1, -0.05) is 12.1 Å². The van der Waals surface area contributed by atoms with Crippen LogP contribution in [0.15, 0.2) is 24.3 Å². The lowest BCUT2D eigenvalue weighted by Crippen LogP contribution is -2.43. The van der Waals surface area contributed by atoms with E-state index in [2.05, 4.69) is 15.3 Å². The van der Waals surface area contributed by atoms with Crippen molar-refractivity contribution in [2.24, 2.45) is 5.92 Å². The van der Waals surface area contributed by atoms with Crippen molar-refractivity contribution in [1.29, 1.82) is 0 Å². The van der Waals surface area contributed by atoms with Crippen LogP contribution in [0.5, 0.6) is 5.88 Å². The van der Waals surface area contributed by atoms with Crippen LogP contribution < -0.4 is 10.1 Å². The lowest BCUT2D eigenvalue weighted by Gasteiger charge is -2.34. The number of fused-ring (bicyclic) bond motifs is 1. The van der Waals surface area contributed by atoms with E-state index in [0.29, 0.717) is 30.8 Å². The van der Waals surface area contributed by atoms with Crippen LogP contribution in [-0.2, 0) is 4.74 Å². The van der Waals surface area contributed by atoms with Gasteiger partial charge in [-0.15, -0.1) is 0 Å². The maximum absolute atomic E-state index is 12.3.